The Balaban J connectivity index is 1.70. The Kier molecular flexibility index (Phi) is 4.49. The van der Waals surface area contributed by atoms with Gasteiger partial charge in [0.1, 0.15) is 12.6 Å². The highest BCUT2D eigenvalue weighted by molar-refractivity contribution is 5.82. The Labute approximate surface area is 141 Å². The second-order valence-electron chi connectivity index (χ2n) is 6.94. The topological polar surface area (TPSA) is 65.1 Å². The van der Waals surface area contributed by atoms with E-state index in [0.717, 1.165) is 5.56 Å². The fraction of sp³-hybridized carbons (Fsp3) is 0.556. The molecule has 2 saturated heterocycles. The highest BCUT2D eigenvalue weighted by Crippen LogP contribution is 2.43. The normalized spacial score (nSPS) is 27.6. The van der Waals surface area contributed by atoms with Crippen molar-refractivity contribution in [1.82, 2.24) is 4.90 Å². The molecular weight excluding hydrogens is 310 g/mol. The maximum absolute atomic E-state index is 12.5. The minimum absolute atomic E-state index is 0.0586. The fourth-order valence-electron chi connectivity index (χ4n) is 3.68. The molecule has 3 rings (SSSR count). The molecule has 2 heterocycles. The number of rotatable bonds is 3. The second-order valence-corrected chi connectivity index (χ2v) is 6.94. The fourth-order valence-corrected chi connectivity index (χ4v) is 3.68. The minimum atomic E-state index is -0.648. The van der Waals surface area contributed by atoms with Crippen LogP contribution in [0.1, 0.15) is 25.8 Å². The standard InChI is InChI=1S/C18H23NO5/c1-18(2)9-13-14(24-18)10-19(15(13)16(20)22-3)17(21)23-11-12-7-5-4-6-8-12/h4-8,13-15H,9-11H2,1-3H3/t13-,14?,15?/m0/s1. The first-order chi connectivity index (χ1) is 11.4. The lowest BCUT2D eigenvalue weighted by Crippen LogP contribution is -2.45. The van der Waals surface area contributed by atoms with Crippen molar-refractivity contribution in [3.8, 4) is 0 Å². The van der Waals surface area contributed by atoms with E-state index in [0.29, 0.717) is 13.0 Å². The van der Waals surface area contributed by atoms with Crippen molar-refractivity contribution in [3.05, 3.63) is 35.9 Å². The van der Waals surface area contributed by atoms with E-state index in [4.69, 9.17) is 14.2 Å². The quantitative estimate of drug-likeness (QED) is 0.795. The van der Waals surface area contributed by atoms with E-state index in [9.17, 15) is 9.59 Å². The molecule has 0 saturated carbocycles. The van der Waals surface area contributed by atoms with Crippen molar-refractivity contribution in [3.63, 3.8) is 0 Å². The van der Waals surface area contributed by atoms with Crippen LogP contribution < -0.4 is 0 Å². The van der Waals surface area contributed by atoms with Crippen LogP contribution in [0, 0.1) is 5.92 Å². The third kappa shape index (κ3) is 3.24. The van der Waals surface area contributed by atoms with E-state index in [2.05, 4.69) is 0 Å². The van der Waals surface area contributed by atoms with Gasteiger partial charge in [0.05, 0.1) is 25.4 Å². The van der Waals surface area contributed by atoms with Gasteiger partial charge in [-0.1, -0.05) is 30.3 Å². The Hall–Kier alpha value is -2.08. The van der Waals surface area contributed by atoms with E-state index in [1.165, 1.54) is 12.0 Å². The molecule has 1 aromatic rings. The van der Waals surface area contributed by atoms with Gasteiger partial charge in [0.2, 0.25) is 0 Å². The summed E-state index contributed by atoms with van der Waals surface area (Å²) in [7, 11) is 1.34. The predicted octanol–water partition coefficient (Wildman–Crippen LogP) is 2.36. The van der Waals surface area contributed by atoms with Crippen molar-refractivity contribution in [1.29, 1.82) is 0 Å². The molecule has 0 bridgehead atoms. The van der Waals surface area contributed by atoms with Crippen LogP contribution in [-0.2, 0) is 25.6 Å². The largest absolute Gasteiger partial charge is 0.467 e. The molecule has 1 aromatic carbocycles. The van der Waals surface area contributed by atoms with Crippen LogP contribution in [0.15, 0.2) is 30.3 Å². The smallest absolute Gasteiger partial charge is 0.410 e. The van der Waals surface area contributed by atoms with Crippen LogP contribution in [0.2, 0.25) is 0 Å². The van der Waals surface area contributed by atoms with Crippen molar-refractivity contribution >= 4 is 12.1 Å². The number of carbonyl (C=O) groups is 2. The number of hydrogen-bond donors (Lipinski definition) is 0. The number of nitrogens with zero attached hydrogens (tertiary/aromatic N) is 1. The number of likely N-dealkylation sites (tertiary alicyclic amines) is 1. The average molecular weight is 333 g/mol. The highest BCUT2D eigenvalue weighted by atomic mass is 16.6. The van der Waals surface area contributed by atoms with Gasteiger partial charge in [-0.15, -0.1) is 0 Å². The number of fused-ring (bicyclic) bond motifs is 1. The third-order valence-electron chi connectivity index (χ3n) is 4.68. The molecule has 6 heteroatoms. The number of amides is 1. The number of methoxy groups -OCH3 is 1. The van der Waals surface area contributed by atoms with Gasteiger partial charge in [-0.2, -0.15) is 0 Å². The van der Waals surface area contributed by atoms with E-state index in [-0.39, 0.29) is 24.2 Å². The summed E-state index contributed by atoms with van der Waals surface area (Å²) in [6.07, 6.45) is 0.0401. The molecule has 130 valence electrons. The van der Waals surface area contributed by atoms with Crippen LogP contribution in [0.25, 0.3) is 0 Å². The molecule has 2 aliphatic rings. The first-order valence-electron chi connectivity index (χ1n) is 8.14. The van der Waals surface area contributed by atoms with Crippen LogP contribution in [0.4, 0.5) is 4.79 Å². The van der Waals surface area contributed by atoms with Crippen molar-refractivity contribution < 1.29 is 23.8 Å². The molecule has 0 spiro atoms. The minimum Gasteiger partial charge on any atom is -0.467 e. The molecule has 2 aliphatic heterocycles. The van der Waals surface area contributed by atoms with Gasteiger partial charge in [0, 0.05) is 5.92 Å². The lowest BCUT2D eigenvalue weighted by molar-refractivity contribution is -0.146. The molecule has 0 aliphatic carbocycles. The van der Waals surface area contributed by atoms with Crippen LogP contribution >= 0.6 is 0 Å². The number of carbonyl (C=O) groups excluding carboxylic acids is 2. The summed E-state index contributed by atoms with van der Waals surface area (Å²) in [4.78, 5) is 26.2. The molecule has 0 aromatic heterocycles. The first-order valence-corrected chi connectivity index (χ1v) is 8.14. The Morgan fingerprint density at radius 1 is 1.29 bits per heavy atom. The van der Waals surface area contributed by atoms with Gasteiger partial charge >= 0.3 is 12.1 Å². The van der Waals surface area contributed by atoms with E-state index < -0.39 is 18.1 Å². The van der Waals surface area contributed by atoms with Crippen molar-refractivity contribution in [2.45, 2.75) is 44.6 Å². The van der Waals surface area contributed by atoms with Crippen LogP contribution in [0.3, 0.4) is 0 Å². The summed E-state index contributed by atoms with van der Waals surface area (Å²) < 4.78 is 16.3. The third-order valence-corrected chi connectivity index (χ3v) is 4.68. The number of benzene rings is 1. The molecular formula is C18H23NO5. The van der Waals surface area contributed by atoms with Gasteiger partial charge in [0.25, 0.3) is 0 Å². The molecule has 2 fully saturated rings. The predicted molar refractivity (Wildman–Crippen MR) is 86.2 cm³/mol. The van der Waals surface area contributed by atoms with Crippen molar-refractivity contribution in [2.75, 3.05) is 13.7 Å². The number of hydrogen-bond acceptors (Lipinski definition) is 5. The SMILES string of the molecule is COC(=O)C1[C@H]2CC(C)(C)OC2CN1C(=O)OCc1ccccc1. The van der Waals surface area contributed by atoms with Crippen molar-refractivity contribution in [2.24, 2.45) is 5.92 Å². The summed E-state index contributed by atoms with van der Waals surface area (Å²) in [5.41, 5.74) is 0.610. The van der Waals surface area contributed by atoms with E-state index in [1.807, 2.05) is 44.2 Å². The lowest BCUT2D eigenvalue weighted by atomic mass is 9.90. The molecule has 1 amide bonds. The lowest BCUT2D eigenvalue weighted by Gasteiger charge is -2.27. The van der Waals surface area contributed by atoms with E-state index in [1.54, 1.807) is 0 Å². The highest BCUT2D eigenvalue weighted by Gasteiger charge is 2.56. The van der Waals surface area contributed by atoms with Gasteiger partial charge in [-0.25, -0.2) is 9.59 Å². The summed E-state index contributed by atoms with van der Waals surface area (Å²) in [6.45, 7) is 4.52. The van der Waals surface area contributed by atoms with Gasteiger partial charge in [-0.3, -0.25) is 4.90 Å². The zero-order valence-electron chi connectivity index (χ0n) is 14.2. The Bertz CT molecular complexity index is 615. The van der Waals surface area contributed by atoms with Gasteiger partial charge in [-0.05, 0) is 25.8 Å². The zero-order valence-corrected chi connectivity index (χ0v) is 14.2. The summed E-state index contributed by atoms with van der Waals surface area (Å²) >= 11 is 0. The molecule has 6 nitrogen and oxygen atoms in total. The molecule has 24 heavy (non-hydrogen) atoms. The van der Waals surface area contributed by atoms with E-state index >= 15 is 0 Å². The zero-order chi connectivity index (χ0) is 17.3. The first kappa shape index (κ1) is 16.8. The van der Waals surface area contributed by atoms with Crippen LogP contribution in [-0.4, -0.2) is 48.4 Å². The molecule has 0 radical (unpaired) electrons. The maximum Gasteiger partial charge on any atom is 0.410 e. The second kappa shape index (κ2) is 6.43. The van der Waals surface area contributed by atoms with Gasteiger partial charge < -0.3 is 14.2 Å². The van der Waals surface area contributed by atoms with Gasteiger partial charge in [0.15, 0.2) is 0 Å². The van der Waals surface area contributed by atoms with Crippen LogP contribution in [0.5, 0.6) is 0 Å². The molecule has 0 N–H and O–H groups in total. The molecule has 3 atom stereocenters. The maximum atomic E-state index is 12.5. The summed E-state index contributed by atoms with van der Waals surface area (Å²) in [5.74, 6) is -0.475. The monoisotopic (exact) mass is 333 g/mol. The average Bonchev–Trinajstić information content (AvgIpc) is 3.04. The Morgan fingerprint density at radius 3 is 2.67 bits per heavy atom. The molecule has 2 unspecified atom stereocenters. The number of esters is 1. The number of ether oxygens (including phenoxy) is 3. The Morgan fingerprint density at radius 2 is 2.00 bits per heavy atom. The summed E-state index contributed by atoms with van der Waals surface area (Å²) in [6, 6.07) is 8.79. The summed E-state index contributed by atoms with van der Waals surface area (Å²) in [5, 5.41) is 0.